The standard InChI is InChI=1S/C23H28N4O3/c1-29-20-8-3-2-6-17(20)7-4-11-26-12-19-18(14-28)21-13-27(16-23(19,15-26)30-21)22-24-9-5-10-25-22/h2-10,18-19,21,28H,11-16H2,1H3/b7-4+/t18-,19+,21+,23-/m0/s1. The second kappa shape index (κ2) is 7.98. The molecule has 158 valence electrons. The third-order valence-electron chi connectivity index (χ3n) is 6.71. The average Bonchev–Trinajstić information content (AvgIpc) is 3.21. The summed E-state index contributed by atoms with van der Waals surface area (Å²) in [5, 5.41) is 10.1. The molecule has 3 fully saturated rings. The number of morpholine rings is 1. The average molecular weight is 409 g/mol. The van der Waals surface area contributed by atoms with Gasteiger partial charge in [-0.1, -0.05) is 30.4 Å². The zero-order valence-corrected chi connectivity index (χ0v) is 17.2. The first-order chi connectivity index (χ1) is 14.7. The van der Waals surface area contributed by atoms with Crippen molar-refractivity contribution in [2.24, 2.45) is 11.8 Å². The third kappa shape index (κ3) is 3.37. The molecule has 0 aliphatic carbocycles. The molecule has 4 heterocycles. The molecular formula is C23H28N4O3. The third-order valence-corrected chi connectivity index (χ3v) is 6.71. The van der Waals surface area contributed by atoms with E-state index in [1.54, 1.807) is 19.5 Å². The number of fused-ring (bicyclic) bond motifs is 1. The number of ether oxygens (including phenoxy) is 2. The molecule has 7 nitrogen and oxygen atoms in total. The molecule has 0 saturated carbocycles. The number of aliphatic hydroxyl groups excluding tert-OH is 1. The van der Waals surface area contributed by atoms with Gasteiger partial charge in [-0.15, -0.1) is 0 Å². The van der Waals surface area contributed by atoms with Crippen molar-refractivity contribution >= 4 is 12.0 Å². The van der Waals surface area contributed by atoms with E-state index in [-0.39, 0.29) is 24.2 Å². The Bertz CT molecular complexity index is 908. The van der Waals surface area contributed by atoms with Gasteiger partial charge in [0.2, 0.25) is 5.95 Å². The van der Waals surface area contributed by atoms with E-state index in [1.165, 1.54) is 0 Å². The fourth-order valence-electron chi connectivity index (χ4n) is 5.41. The summed E-state index contributed by atoms with van der Waals surface area (Å²) < 4.78 is 12.0. The number of benzene rings is 1. The van der Waals surface area contributed by atoms with Crippen molar-refractivity contribution in [2.75, 3.05) is 51.3 Å². The minimum absolute atomic E-state index is 0.0313. The second-order valence-electron chi connectivity index (χ2n) is 8.44. The van der Waals surface area contributed by atoms with Crippen LogP contribution in [0.15, 0.2) is 48.8 Å². The van der Waals surface area contributed by atoms with Crippen molar-refractivity contribution in [1.82, 2.24) is 14.9 Å². The van der Waals surface area contributed by atoms with E-state index in [4.69, 9.17) is 9.47 Å². The van der Waals surface area contributed by atoms with Gasteiger partial charge < -0.3 is 19.5 Å². The number of rotatable bonds is 6. The number of anilines is 1. The van der Waals surface area contributed by atoms with Crippen LogP contribution in [0.1, 0.15) is 5.56 Å². The van der Waals surface area contributed by atoms with Crippen LogP contribution in [-0.4, -0.2) is 78.1 Å². The first kappa shape index (κ1) is 19.5. The Balaban J connectivity index is 1.31. The lowest BCUT2D eigenvalue weighted by molar-refractivity contribution is -0.0639. The number of aliphatic hydroxyl groups is 1. The number of hydrogen-bond donors (Lipinski definition) is 1. The first-order valence-corrected chi connectivity index (χ1v) is 10.5. The molecule has 30 heavy (non-hydrogen) atoms. The lowest BCUT2D eigenvalue weighted by Crippen LogP contribution is -2.54. The molecule has 3 aliphatic rings. The summed E-state index contributed by atoms with van der Waals surface area (Å²) in [6.45, 7) is 4.28. The van der Waals surface area contributed by atoms with Crippen LogP contribution in [0.4, 0.5) is 5.95 Å². The van der Waals surface area contributed by atoms with E-state index in [0.717, 1.165) is 50.0 Å². The Labute approximate surface area is 177 Å². The Hall–Kier alpha value is -2.48. The summed E-state index contributed by atoms with van der Waals surface area (Å²) in [7, 11) is 1.70. The topological polar surface area (TPSA) is 71.0 Å². The van der Waals surface area contributed by atoms with Gasteiger partial charge in [-0.2, -0.15) is 0 Å². The molecule has 1 spiro atoms. The fraction of sp³-hybridized carbons (Fsp3) is 0.478. The minimum atomic E-state index is -0.270. The highest BCUT2D eigenvalue weighted by Gasteiger charge is 2.62. The summed E-state index contributed by atoms with van der Waals surface area (Å²) in [4.78, 5) is 13.5. The van der Waals surface area contributed by atoms with Crippen LogP contribution in [0, 0.1) is 11.8 Å². The van der Waals surface area contributed by atoms with Crippen LogP contribution >= 0.6 is 0 Å². The van der Waals surface area contributed by atoms with Gasteiger partial charge in [0.15, 0.2) is 0 Å². The summed E-state index contributed by atoms with van der Waals surface area (Å²) in [5.74, 6) is 2.10. The SMILES string of the molecule is COc1ccccc1/C=C/CN1C[C@@H]2[C@H](CO)[C@H]3CN(c4ncccn4)C[C@]2(C1)O3. The molecule has 0 amide bonds. The maximum absolute atomic E-state index is 10.1. The van der Waals surface area contributed by atoms with Gasteiger partial charge >= 0.3 is 0 Å². The summed E-state index contributed by atoms with van der Waals surface area (Å²) in [5.41, 5.74) is 0.806. The number of likely N-dealkylation sites (tertiary alicyclic amines) is 1. The zero-order chi connectivity index (χ0) is 20.6. The van der Waals surface area contributed by atoms with Gasteiger partial charge in [0.25, 0.3) is 0 Å². The molecular weight excluding hydrogens is 380 g/mol. The number of hydrogen-bond acceptors (Lipinski definition) is 7. The predicted molar refractivity (Wildman–Crippen MR) is 114 cm³/mol. The molecule has 2 bridgehead atoms. The summed E-state index contributed by atoms with van der Waals surface area (Å²) in [6, 6.07) is 9.86. The maximum atomic E-state index is 10.1. The predicted octanol–water partition coefficient (Wildman–Crippen LogP) is 1.70. The largest absolute Gasteiger partial charge is 0.496 e. The molecule has 7 heteroatoms. The van der Waals surface area contributed by atoms with Gasteiger partial charge in [0, 0.05) is 62.6 Å². The Kier molecular flexibility index (Phi) is 5.18. The van der Waals surface area contributed by atoms with E-state index in [0.29, 0.717) is 5.92 Å². The highest BCUT2D eigenvalue weighted by molar-refractivity contribution is 5.57. The van der Waals surface area contributed by atoms with E-state index in [1.807, 2.05) is 24.3 Å². The van der Waals surface area contributed by atoms with Crippen molar-refractivity contribution < 1.29 is 14.6 Å². The van der Waals surface area contributed by atoms with Gasteiger partial charge in [0.1, 0.15) is 11.4 Å². The number of methoxy groups -OCH3 is 1. The van der Waals surface area contributed by atoms with Crippen molar-refractivity contribution in [3.63, 3.8) is 0 Å². The van der Waals surface area contributed by atoms with Crippen LogP contribution in [0.5, 0.6) is 5.75 Å². The van der Waals surface area contributed by atoms with Crippen molar-refractivity contribution in [2.45, 2.75) is 11.7 Å². The molecule has 1 N–H and O–H groups in total. The van der Waals surface area contributed by atoms with Gasteiger partial charge in [0.05, 0.1) is 19.8 Å². The van der Waals surface area contributed by atoms with Crippen LogP contribution in [0.2, 0.25) is 0 Å². The molecule has 0 unspecified atom stereocenters. The van der Waals surface area contributed by atoms with E-state index >= 15 is 0 Å². The van der Waals surface area contributed by atoms with Crippen LogP contribution in [0.3, 0.4) is 0 Å². The number of nitrogens with zero attached hydrogens (tertiary/aromatic N) is 4. The van der Waals surface area contributed by atoms with Crippen molar-refractivity contribution in [3.8, 4) is 5.75 Å². The van der Waals surface area contributed by atoms with Gasteiger partial charge in [-0.25, -0.2) is 9.97 Å². The van der Waals surface area contributed by atoms with E-state index in [9.17, 15) is 5.11 Å². The Morgan fingerprint density at radius 2 is 2.03 bits per heavy atom. The lowest BCUT2D eigenvalue weighted by atomic mass is 9.83. The van der Waals surface area contributed by atoms with Gasteiger partial charge in [-0.05, 0) is 12.1 Å². The molecule has 1 aromatic heterocycles. The quantitative estimate of drug-likeness (QED) is 0.780. The monoisotopic (exact) mass is 408 g/mol. The van der Waals surface area contributed by atoms with Crippen LogP contribution in [0.25, 0.3) is 6.08 Å². The molecule has 5 rings (SSSR count). The molecule has 0 radical (unpaired) electrons. The second-order valence-corrected chi connectivity index (χ2v) is 8.44. The smallest absolute Gasteiger partial charge is 0.225 e. The molecule has 3 aliphatic heterocycles. The zero-order valence-electron chi connectivity index (χ0n) is 17.2. The molecule has 1 aromatic carbocycles. The normalized spacial score (nSPS) is 30.7. The summed E-state index contributed by atoms with van der Waals surface area (Å²) in [6.07, 6.45) is 7.89. The molecule has 2 aromatic rings. The fourth-order valence-corrected chi connectivity index (χ4v) is 5.41. The van der Waals surface area contributed by atoms with Gasteiger partial charge in [-0.3, -0.25) is 4.90 Å². The van der Waals surface area contributed by atoms with Crippen LogP contribution < -0.4 is 9.64 Å². The highest BCUT2D eigenvalue weighted by Crippen LogP contribution is 2.49. The maximum Gasteiger partial charge on any atom is 0.225 e. The van der Waals surface area contributed by atoms with E-state index < -0.39 is 0 Å². The van der Waals surface area contributed by atoms with Crippen LogP contribution in [-0.2, 0) is 4.74 Å². The number of aromatic nitrogens is 2. The minimum Gasteiger partial charge on any atom is -0.496 e. The lowest BCUT2D eigenvalue weighted by Gasteiger charge is -2.40. The Morgan fingerprint density at radius 3 is 2.83 bits per heavy atom. The highest BCUT2D eigenvalue weighted by atomic mass is 16.5. The molecule has 3 saturated heterocycles. The molecule has 4 atom stereocenters. The van der Waals surface area contributed by atoms with Crippen molar-refractivity contribution in [3.05, 3.63) is 54.4 Å². The summed E-state index contributed by atoms with van der Waals surface area (Å²) >= 11 is 0. The van der Waals surface area contributed by atoms with Crippen molar-refractivity contribution in [1.29, 1.82) is 0 Å². The number of para-hydroxylation sites is 1. The first-order valence-electron chi connectivity index (χ1n) is 10.5. The Morgan fingerprint density at radius 1 is 1.20 bits per heavy atom. The van der Waals surface area contributed by atoms with E-state index in [2.05, 4.69) is 38.0 Å².